The van der Waals surface area contributed by atoms with Crippen molar-refractivity contribution in [1.82, 2.24) is 4.90 Å². The number of carbonyl (C=O) groups is 1. The maximum Gasteiger partial charge on any atom is 0.223 e. The number of amides is 1. The van der Waals surface area contributed by atoms with E-state index in [2.05, 4.69) is 19.1 Å². The molecule has 3 nitrogen and oxygen atoms in total. The molecule has 0 aromatic heterocycles. The molecule has 104 valence electrons. The van der Waals surface area contributed by atoms with Crippen molar-refractivity contribution in [3.63, 3.8) is 0 Å². The fourth-order valence-corrected chi connectivity index (χ4v) is 2.90. The molecule has 0 radical (unpaired) electrons. The maximum absolute atomic E-state index is 12.1. The van der Waals surface area contributed by atoms with Gasteiger partial charge in [-0.25, -0.2) is 0 Å². The van der Waals surface area contributed by atoms with Gasteiger partial charge in [0.25, 0.3) is 0 Å². The van der Waals surface area contributed by atoms with E-state index in [0.717, 1.165) is 13.0 Å². The van der Waals surface area contributed by atoms with Crippen molar-refractivity contribution in [2.45, 2.75) is 32.7 Å². The Morgan fingerprint density at radius 3 is 2.63 bits per heavy atom. The molecule has 1 aromatic carbocycles. The molecule has 1 unspecified atom stereocenters. The number of rotatable bonds is 5. The predicted molar refractivity (Wildman–Crippen MR) is 75.5 cm³/mol. The molecule has 1 aliphatic rings. The number of carbonyl (C=O) groups excluding carboxylic acids is 1. The fraction of sp³-hybridized carbons (Fsp3) is 0.562. The smallest absolute Gasteiger partial charge is 0.223 e. The zero-order chi connectivity index (χ0) is 13.8. The monoisotopic (exact) mass is 261 g/mol. The standard InChI is InChI=1S/C16H23NO2/c1-12(11-18)8-14-9-16(19)17(10-14)13(2)15-6-4-3-5-7-15/h3-7,12-14,18H,8-11H2,1-2H3/t12-,13-,14?/m0/s1. The van der Waals surface area contributed by atoms with E-state index < -0.39 is 0 Å². The number of hydrogen-bond acceptors (Lipinski definition) is 2. The first kappa shape index (κ1) is 14.1. The summed E-state index contributed by atoms with van der Waals surface area (Å²) < 4.78 is 0. The van der Waals surface area contributed by atoms with Crippen molar-refractivity contribution in [2.75, 3.05) is 13.2 Å². The van der Waals surface area contributed by atoms with Crippen molar-refractivity contribution < 1.29 is 9.90 Å². The predicted octanol–water partition coefficient (Wildman–Crippen LogP) is 2.61. The van der Waals surface area contributed by atoms with Crippen LogP contribution in [0.3, 0.4) is 0 Å². The van der Waals surface area contributed by atoms with E-state index in [1.165, 1.54) is 5.56 Å². The summed E-state index contributed by atoms with van der Waals surface area (Å²) in [6, 6.07) is 10.3. The molecule has 0 spiro atoms. The first-order valence-corrected chi connectivity index (χ1v) is 7.07. The Balaban J connectivity index is 2.00. The van der Waals surface area contributed by atoms with Crippen molar-refractivity contribution in [2.24, 2.45) is 11.8 Å². The van der Waals surface area contributed by atoms with Gasteiger partial charge >= 0.3 is 0 Å². The molecule has 2 rings (SSSR count). The van der Waals surface area contributed by atoms with Crippen LogP contribution in [0.25, 0.3) is 0 Å². The van der Waals surface area contributed by atoms with E-state index in [4.69, 9.17) is 5.11 Å². The number of likely N-dealkylation sites (tertiary alicyclic amines) is 1. The zero-order valence-corrected chi connectivity index (χ0v) is 11.7. The molecule has 1 amide bonds. The molecule has 19 heavy (non-hydrogen) atoms. The maximum atomic E-state index is 12.1. The van der Waals surface area contributed by atoms with Crippen molar-refractivity contribution in [3.05, 3.63) is 35.9 Å². The highest BCUT2D eigenvalue weighted by Gasteiger charge is 2.33. The van der Waals surface area contributed by atoms with E-state index in [-0.39, 0.29) is 24.5 Å². The van der Waals surface area contributed by atoms with Gasteiger partial charge in [-0.1, -0.05) is 37.3 Å². The van der Waals surface area contributed by atoms with Crippen LogP contribution in [0.2, 0.25) is 0 Å². The van der Waals surface area contributed by atoms with E-state index >= 15 is 0 Å². The Bertz CT molecular complexity index is 418. The number of aliphatic hydroxyl groups excluding tert-OH is 1. The Hall–Kier alpha value is -1.35. The summed E-state index contributed by atoms with van der Waals surface area (Å²) in [5, 5.41) is 9.12. The molecule has 1 N–H and O–H groups in total. The lowest BCUT2D eigenvalue weighted by atomic mass is 9.95. The van der Waals surface area contributed by atoms with Crippen LogP contribution in [-0.4, -0.2) is 29.1 Å². The lowest BCUT2D eigenvalue weighted by molar-refractivity contribution is -0.129. The summed E-state index contributed by atoms with van der Waals surface area (Å²) in [5.74, 6) is 0.914. The molecule has 1 saturated heterocycles. The van der Waals surface area contributed by atoms with E-state index in [9.17, 15) is 4.79 Å². The third-order valence-electron chi connectivity index (χ3n) is 4.04. The SMILES string of the molecule is C[C@H](CO)CC1CC(=O)N([C@@H](C)c2ccccc2)C1. The quantitative estimate of drug-likeness (QED) is 0.885. The number of benzene rings is 1. The summed E-state index contributed by atoms with van der Waals surface area (Å²) in [6.45, 7) is 5.15. The molecule has 3 heteroatoms. The molecular weight excluding hydrogens is 238 g/mol. The van der Waals surface area contributed by atoms with Crippen LogP contribution in [-0.2, 0) is 4.79 Å². The van der Waals surface area contributed by atoms with Crippen LogP contribution in [0.1, 0.15) is 38.3 Å². The molecule has 3 atom stereocenters. The van der Waals surface area contributed by atoms with Crippen molar-refractivity contribution in [3.8, 4) is 0 Å². The van der Waals surface area contributed by atoms with Crippen LogP contribution < -0.4 is 0 Å². The van der Waals surface area contributed by atoms with Gasteiger partial charge in [-0.3, -0.25) is 4.79 Å². The lowest BCUT2D eigenvalue weighted by Gasteiger charge is -2.25. The largest absolute Gasteiger partial charge is 0.396 e. The van der Waals surface area contributed by atoms with Gasteiger partial charge in [0.15, 0.2) is 0 Å². The van der Waals surface area contributed by atoms with E-state index in [1.807, 2.05) is 30.0 Å². The van der Waals surface area contributed by atoms with E-state index in [1.54, 1.807) is 0 Å². The molecule has 1 heterocycles. The Labute approximate surface area is 115 Å². The number of nitrogens with zero attached hydrogens (tertiary/aromatic N) is 1. The van der Waals surface area contributed by atoms with Crippen LogP contribution in [0.5, 0.6) is 0 Å². The highest BCUT2D eigenvalue weighted by Crippen LogP contribution is 2.31. The Morgan fingerprint density at radius 2 is 2.00 bits per heavy atom. The second-order valence-electron chi connectivity index (χ2n) is 5.73. The summed E-state index contributed by atoms with van der Waals surface area (Å²) in [4.78, 5) is 14.1. The summed E-state index contributed by atoms with van der Waals surface area (Å²) in [6.07, 6.45) is 1.56. The van der Waals surface area contributed by atoms with Gasteiger partial charge in [0.1, 0.15) is 0 Å². The second kappa shape index (κ2) is 6.20. The fourth-order valence-electron chi connectivity index (χ4n) is 2.90. The molecule has 1 aliphatic heterocycles. The van der Waals surface area contributed by atoms with Gasteiger partial charge in [-0.2, -0.15) is 0 Å². The van der Waals surface area contributed by atoms with Gasteiger partial charge < -0.3 is 10.0 Å². The van der Waals surface area contributed by atoms with Crippen LogP contribution in [0, 0.1) is 11.8 Å². The second-order valence-corrected chi connectivity index (χ2v) is 5.73. The lowest BCUT2D eigenvalue weighted by Crippen LogP contribution is -2.28. The topological polar surface area (TPSA) is 40.5 Å². The highest BCUT2D eigenvalue weighted by molar-refractivity contribution is 5.79. The molecule has 1 aromatic rings. The zero-order valence-electron chi connectivity index (χ0n) is 11.7. The Kier molecular flexibility index (Phi) is 4.59. The normalized spacial score (nSPS) is 22.6. The molecule has 0 saturated carbocycles. The number of hydrogen-bond donors (Lipinski definition) is 1. The van der Waals surface area contributed by atoms with Gasteiger partial charge in [0.2, 0.25) is 5.91 Å². The third-order valence-corrected chi connectivity index (χ3v) is 4.04. The first-order chi connectivity index (χ1) is 9.11. The van der Waals surface area contributed by atoms with Gasteiger partial charge in [-0.15, -0.1) is 0 Å². The highest BCUT2D eigenvalue weighted by atomic mass is 16.3. The molecule has 0 aliphatic carbocycles. The van der Waals surface area contributed by atoms with Gasteiger partial charge in [-0.05, 0) is 30.7 Å². The van der Waals surface area contributed by atoms with E-state index in [0.29, 0.717) is 12.3 Å². The minimum Gasteiger partial charge on any atom is -0.396 e. The Morgan fingerprint density at radius 1 is 1.32 bits per heavy atom. The average molecular weight is 261 g/mol. The third kappa shape index (κ3) is 3.35. The molecule has 0 bridgehead atoms. The summed E-state index contributed by atoms with van der Waals surface area (Å²) in [7, 11) is 0. The summed E-state index contributed by atoms with van der Waals surface area (Å²) >= 11 is 0. The van der Waals surface area contributed by atoms with Crippen LogP contribution in [0.15, 0.2) is 30.3 Å². The minimum atomic E-state index is 0.142. The van der Waals surface area contributed by atoms with Gasteiger partial charge in [0.05, 0.1) is 6.04 Å². The average Bonchev–Trinajstić information content (AvgIpc) is 2.79. The minimum absolute atomic E-state index is 0.142. The first-order valence-electron chi connectivity index (χ1n) is 7.07. The van der Waals surface area contributed by atoms with Gasteiger partial charge in [0, 0.05) is 19.6 Å². The molecular formula is C16H23NO2. The van der Waals surface area contributed by atoms with Crippen LogP contribution >= 0.6 is 0 Å². The summed E-state index contributed by atoms with van der Waals surface area (Å²) in [5.41, 5.74) is 1.19. The number of aliphatic hydroxyl groups is 1. The van der Waals surface area contributed by atoms with Crippen molar-refractivity contribution in [1.29, 1.82) is 0 Å². The molecule has 1 fully saturated rings. The van der Waals surface area contributed by atoms with Crippen molar-refractivity contribution >= 4 is 5.91 Å². The van der Waals surface area contributed by atoms with Crippen LogP contribution in [0.4, 0.5) is 0 Å².